The molecule has 160 valence electrons. The summed E-state index contributed by atoms with van der Waals surface area (Å²) >= 11 is 0. The summed E-state index contributed by atoms with van der Waals surface area (Å²) in [5.74, 6) is 0.682. The molecule has 0 aliphatic carbocycles. The van der Waals surface area contributed by atoms with Crippen molar-refractivity contribution in [2.24, 2.45) is 0 Å². The molecule has 0 N–H and O–H groups in total. The topological polar surface area (TPSA) is 66.9 Å². The van der Waals surface area contributed by atoms with Crippen molar-refractivity contribution >= 4 is 22.0 Å². The van der Waals surface area contributed by atoms with Gasteiger partial charge in [0.05, 0.1) is 11.5 Å². The Hall–Kier alpha value is -2.64. The van der Waals surface area contributed by atoms with E-state index in [-0.39, 0.29) is 5.91 Å². The lowest BCUT2D eigenvalue weighted by molar-refractivity contribution is -0.125. The fourth-order valence-electron chi connectivity index (χ4n) is 3.33. The van der Waals surface area contributed by atoms with Crippen molar-refractivity contribution in [3.63, 3.8) is 0 Å². The van der Waals surface area contributed by atoms with Crippen molar-refractivity contribution in [2.45, 2.75) is 25.2 Å². The lowest BCUT2D eigenvalue weighted by Crippen LogP contribution is -2.36. The summed E-state index contributed by atoms with van der Waals surface area (Å²) in [6.07, 6.45) is 3.91. The second kappa shape index (κ2) is 9.91. The molecule has 3 rings (SSSR count). The smallest absolute Gasteiger partial charge is 0.246 e. The van der Waals surface area contributed by atoms with Gasteiger partial charge in [0.25, 0.3) is 0 Å². The van der Waals surface area contributed by atoms with Gasteiger partial charge < -0.3 is 9.64 Å². The van der Waals surface area contributed by atoms with Crippen LogP contribution in [0.1, 0.15) is 24.5 Å². The lowest BCUT2D eigenvalue weighted by atomic mass is 10.2. The minimum absolute atomic E-state index is 0.113. The van der Waals surface area contributed by atoms with Gasteiger partial charge >= 0.3 is 0 Å². The van der Waals surface area contributed by atoms with Crippen LogP contribution in [0.3, 0.4) is 0 Å². The van der Waals surface area contributed by atoms with E-state index in [2.05, 4.69) is 0 Å². The summed E-state index contributed by atoms with van der Waals surface area (Å²) in [6, 6.07) is 14.4. The molecule has 30 heavy (non-hydrogen) atoms. The van der Waals surface area contributed by atoms with Crippen LogP contribution in [0.15, 0.2) is 59.5 Å². The predicted molar refractivity (Wildman–Crippen MR) is 118 cm³/mol. The average Bonchev–Trinajstić information content (AvgIpc) is 3.00. The Balaban J connectivity index is 1.61. The second-order valence-electron chi connectivity index (χ2n) is 7.23. The Morgan fingerprint density at radius 3 is 2.37 bits per heavy atom. The number of amides is 1. The monoisotopic (exact) mass is 428 g/mol. The third-order valence-electron chi connectivity index (χ3n) is 5.03. The third kappa shape index (κ3) is 5.49. The summed E-state index contributed by atoms with van der Waals surface area (Å²) in [5, 5.41) is 0. The van der Waals surface area contributed by atoms with Crippen LogP contribution in [-0.4, -0.2) is 56.3 Å². The summed E-state index contributed by atoms with van der Waals surface area (Å²) in [6.45, 7) is 6.07. The Kier molecular flexibility index (Phi) is 7.29. The molecule has 2 aromatic rings. The average molecular weight is 429 g/mol. The van der Waals surface area contributed by atoms with Crippen LogP contribution >= 0.6 is 0 Å². The molecule has 0 atom stereocenters. The quantitative estimate of drug-likeness (QED) is 0.662. The van der Waals surface area contributed by atoms with E-state index in [1.54, 1.807) is 41.3 Å². The van der Waals surface area contributed by atoms with E-state index in [0.717, 1.165) is 16.9 Å². The summed E-state index contributed by atoms with van der Waals surface area (Å²) in [5.41, 5.74) is 1.92. The van der Waals surface area contributed by atoms with Gasteiger partial charge in [0.15, 0.2) is 0 Å². The van der Waals surface area contributed by atoms with Crippen LogP contribution < -0.4 is 4.74 Å². The summed E-state index contributed by atoms with van der Waals surface area (Å²) in [7, 11) is -3.55. The fourth-order valence-corrected chi connectivity index (χ4v) is 4.80. The van der Waals surface area contributed by atoms with Crippen molar-refractivity contribution in [1.82, 2.24) is 9.21 Å². The van der Waals surface area contributed by atoms with E-state index in [1.807, 2.05) is 38.1 Å². The summed E-state index contributed by atoms with van der Waals surface area (Å²) < 4.78 is 32.7. The highest BCUT2D eigenvalue weighted by Gasteiger charge is 2.27. The van der Waals surface area contributed by atoms with E-state index in [0.29, 0.717) is 44.1 Å². The number of aryl methyl sites for hydroxylation is 1. The van der Waals surface area contributed by atoms with Crippen molar-refractivity contribution in [3.8, 4) is 5.75 Å². The zero-order valence-corrected chi connectivity index (χ0v) is 18.3. The zero-order chi connectivity index (χ0) is 21.6. The van der Waals surface area contributed by atoms with Crippen molar-refractivity contribution < 1.29 is 17.9 Å². The number of hydrogen-bond acceptors (Lipinski definition) is 4. The molecule has 0 aromatic heterocycles. The molecule has 1 saturated heterocycles. The zero-order valence-electron chi connectivity index (χ0n) is 17.5. The molecule has 0 radical (unpaired) electrons. The first-order chi connectivity index (χ1) is 14.4. The van der Waals surface area contributed by atoms with Gasteiger partial charge in [-0.15, -0.1) is 0 Å². The number of carbonyl (C=O) groups is 1. The Labute approximate surface area is 178 Å². The van der Waals surface area contributed by atoms with Gasteiger partial charge in [-0.25, -0.2) is 8.42 Å². The lowest BCUT2D eigenvalue weighted by Gasteiger charge is -2.21. The van der Waals surface area contributed by atoms with Gasteiger partial charge in [-0.05, 0) is 56.2 Å². The number of ether oxygens (including phenoxy) is 1. The normalized spacial score (nSPS) is 15.9. The Morgan fingerprint density at radius 1 is 1.00 bits per heavy atom. The molecule has 0 spiro atoms. The SMILES string of the molecule is CCOc1ccc(/C=C/C(=O)N2CCCN(S(=O)(=O)c3ccc(C)cc3)CC2)cc1. The standard InChI is InChI=1S/C23H28N2O4S/c1-3-29-21-10-7-20(8-11-21)9-14-23(26)24-15-4-16-25(18-17-24)30(27,28)22-12-5-19(2)6-13-22/h5-14H,3-4,15-18H2,1-2H3/b14-9+. The van der Waals surface area contributed by atoms with Gasteiger partial charge in [-0.3, -0.25) is 4.79 Å². The van der Waals surface area contributed by atoms with E-state index in [1.165, 1.54) is 4.31 Å². The van der Waals surface area contributed by atoms with Crippen molar-refractivity contribution in [3.05, 3.63) is 65.7 Å². The van der Waals surface area contributed by atoms with E-state index < -0.39 is 10.0 Å². The number of benzene rings is 2. The van der Waals surface area contributed by atoms with Crippen LogP contribution in [0.25, 0.3) is 6.08 Å². The Morgan fingerprint density at radius 2 is 1.70 bits per heavy atom. The van der Waals surface area contributed by atoms with Crippen molar-refractivity contribution in [1.29, 1.82) is 0 Å². The number of sulfonamides is 1. The highest BCUT2D eigenvalue weighted by Crippen LogP contribution is 2.19. The highest BCUT2D eigenvalue weighted by atomic mass is 32.2. The van der Waals surface area contributed by atoms with Crippen LogP contribution in [-0.2, 0) is 14.8 Å². The largest absolute Gasteiger partial charge is 0.494 e. The first-order valence-corrected chi connectivity index (χ1v) is 11.6. The molecule has 0 saturated carbocycles. The maximum absolute atomic E-state index is 12.9. The van der Waals surface area contributed by atoms with Gasteiger partial charge in [0.2, 0.25) is 15.9 Å². The molecular formula is C23H28N2O4S. The van der Waals surface area contributed by atoms with Crippen LogP contribution in [0.5, 0.6) is 5.75 Å². The fraction of sp³-hybridized carbons (Fsp3) is 0.348. The number of rotatable bonds is 6. The molecule has 7 heteroatoms. The Bertz CT molecular complexity index is 983. The first-order valence-electron chi connectivity index (χ1n) is 10.2. The molecule has 1 fully saturated rings. The van der Waals surface area contributed by atoms with E-state index in [4.69, 9.17) is 4.74 Å². The molecule has 1 heterocycles. The van der Waals surface area contributed by atoms with Gasteiger partial charge in [0.1, 0.15) is 5.75 Å². The maximum Gasteiger partial charge on any atom is 0.246 e. The maximum atomic E-state index is 12.9. The number of hydrogen-bond donors (Lipinski definition) is 0. The van der Waals surface area contributed by atoms with Crippen LogP contribution in [0.2, 0.25) is 0 Å². The molecular weight excluding hydrogens is 400 g/mol. The molecule has 0 unspecified atom stereocenters. The van der Waals surface area contributed by atoms with Gasteiger partial charge in [-0.2, -0.15) is 4.31 Å². The van der Waals surface area contributed by atoms with Crippen LogP contribution in [0.4, 0.5) is 0 Å². The van der Waals surface area contributed by atoms with Crippen LogP contribution in [0, 0.1) is 6.92 Å². The molecule has 6 nitrogen and oxygen atoms in total. The van der Waals surface area contributed by atoms with E-state index in [9.17, 15) is 13.2 Å². The number of nitrogens with zero attached hydrogens (tertiary/aromatic N) is 2. The van der Waals surface area contributed by atoms with E-state index >= 15 is 0 Å². The molecule has 1 amide bonds. The molecule has 0 bridgehead atoms. The second-order valence-corrected chi connectivity index (χ2v) is 9.17. The van der Waals surface area contributed by atoms with Gasteiger partial charge in [0, 0.05) is 32.3 Å². The van der Waals surface area contributed by atoms with Crippen molar-refractivity contribution in [2.75, 3.05) is 32.8 Å². The summed E-state index contributed by atoms with van der Waals surface area (Å²) in [4.78, 5) is 14.6. The highest BCUT2D eigenvalue weighted by molar-refractivity contribution is 7.89. The first kappa shape index (κ1) is 22.1. The minimum atomic E-state index is -3.55. The predicted octanol–water partition coefficient (Wildman–Crippen LogP) is 3.33. The third-order valence-corrected chi connectivity index (χ3v) is 6.95. The van der Waals surface area contributed by atoms with Gasteiger partial charge in [-0.1, -0.05) is 29.8 Å². The molecule has 2 aromatic carbocycles. The molecule has 1 aliphatic heterocycles. The minimum Gasteiger partial charge on any atom is -0.494 e. The molecule has 1 aliphatic rings. The number of carbonyl (C=O) groups excluding carboxylic acids is 1.